The van der Waals surface area contributed by atoms with Gasteiger partial charge in [-0.15, -0.1) is 0 Å². The molecule has 0 spiro atoms. The smallest absolute Gasteiger partial charge is 0.435 e. The molecule has 3 nitrogen and oxygen atoms in total. The van der Waals surface area contributed by atoms with E-state index in [-0.39, 0.29) is 0 Å². The molecule has 0 amide bonds. The first-order chi connectivity index (χ1) is 8.20. The average molecular weight is 242 g/mol. The van der Waals surface area contributed by atoms with Gasteiger partial charge in [-0.05, 0) is 19.3 Å². The normalized spacial score (nSPS) is 12.6. The summed E-state index contributed by atoms with van der Waals surface area (Å²) in [7, 11) is 0. The predicted octanol–water partition coefficient (Wildman–Crippen LogP) is 4.32. The number of hydrogen-bond acceptors (Lipinski definition) is 3. The van der Waals surface area contributed by atoms with E-state index in [9.17, 15) is 4.79 Å². The molecule has 0 saturated heterocycles. The topological polar surface area (TPSA) is 35.5 Å². The van der Waals surface area contributed by atoms with Crippen molar-refractivity contribution in [3.8, 4) is 0 Å². The van der Waals surface area contributed by atoms with Crippen molar-refractivity contribution in [2.45, 2.75) is 52.9 Å². The molecule has 0 bridgehead atoms. The average Bonchev–Trinajstić information content (AvgIpc) is 2.31. The minimum absolute atomic E-state index is 0.304. The Morgan fingerprint density at radius 3 is 2.59 bits per heavy atom. The summed E-state index contributed by atoms with van der Waals surface area (Å²) in [6.45, 7) is 6.83. The summed E-state index contributed by atoms with van der Waals surface area (Å²) in [6.07, 6.45) is 9.79. The third kappa shape index (κ3) is 11.3. The zero-order valence-electron chi connectivity index (χ0n) is 11.4. The van der Waals surface area contributed by atoms with Gasteiger partial charge >= 0.3 is 6.16 Å². The van der Waals surface area contributed by atoms with Crippen LogP contribution in [-0.2, 0) is 9.47 Å². The Hall–Kier alpha value is -0.990. The standard InChI is InChI=1S/C14H26O3/c1-4-6-7-8-10-13(3)11-9-12-17-14(15)16-5-2/h9,11,13H,4-8,10,12H2,1-3H3/b11-9+. The van der Waals surface area contributed by atoms with Crippen molar-refractivity contribution in [2.24, 2.45) is 5.92 Å². The molecule has 0 N–H and O–H groups in total. The molecule has 0 aromatic rings. The van der Waals surface area contributed by atoms with E-state index in [4.69, 9.17) is 4.74 Å². The van der Waals surface area contributed by atoms with Gasteiger partial charge in [-0.2, -0.15) is 0 Å². The minimum Gasteiger partial charge on any atom is -0.435 e. The van der Waals surface area contributed by atoms with Gasteiger partial charge in [-0.1, -0.05) is 51.7 Å². The Bertz CT molecular complexity index is 212. The molecule has 0 aliphatic heterocycles. The Morgan fingerprint density at radius 1 is 1.18 bits per heavy atom. The van der Waals surface area contributed by atoms with E-state index in [2.05, 4.69) is 24.7 Å². The molecular weight excluding hydrogens is 216 g/mol. The third-order valence-corrected chi connectivity index (χ3v) is 2.54. The number of carbonyl (C=O) groups excluding carboxylic acids is 1. The first-order valence-electron chi connectivity index (χ1n) is 6.66. The van der Waals surface area contributed by atoms with Crippen molar-refractivity contribution < 1.29 is 14.3 Å². The van der Waals surface area contributed by atoms with Gasteiger partial charge in [0.1, 0.15) is 6.61 Å². The molecule has 0 rings (SSSR count). The van der Waals surface area contributed by atoms with E-state index in [0.29, 0.717) is 19.1 Å². The first-order valence-corrected chi connectivity index (χ1v) is 6.66. The molecule has 0 fully saturated rings. The van der Waals surface area contributed by atoms with Crippen LogP contribution in [0.1, 0.15) is 52.9 Å². The SMILES string of the molecule is CCCCCCC(C)/C=C/COC(=O)OCC. The van der Waals surface area contributed by atoms with Gasteiger partial charge < -0.3 is 9.47 Å². The van der Waals surface area contributed by atoms with Gasteiger partial charge in [-0.25, -0.2) is 4.79 Å². The second kappa shape index (κ2) is 11.5. The van der Waals surface area contributed by atoms with Crippen LogP contribution in [0.2, 0.25) is 0 Å². The van der Waals surface area contributed by atoms with Crippen molar-refractivity contribution in [1.29, 1.82) is 0 Å². The Labute approximate surface area is 105 Å². The lowest BCUT2D eigenvalue weighted by molar-refractivity contribution is 0.0672. The molecule has 0 heterocycles. The molecule has 0 aromatic heterocycles. The lowest BCUT2D eigenvalue weighted by atomic mass is 10.0. The van der Waals surface area contributed by atoms with E-state index in [1.165, 1.54) is 32.1 Å². The van der Waals surface area contributed by atoms with Gasteiger partial charge in [-0.3, -0.25) is 0 Å². The molecular formula is C14H26O3. The Morgan fingerprint density at radius 2 is 1.94 bits per heavy atom. The molecule has 0 aromatic carbocycles. The van der Waals surface area contributed by atoms with Crippen LogP contribution in [0.3, 0.4) is 0 Å². The van der Waals surface area contributed by atoms with E-state index >= 15 is 0 Å². The molecule has 3 heteroatoms. The quantitative estimate of drug-likeness (QED) is 0.343. The number of hydrogen-bond donors (Lipinski definition) is 0. The van der Waals surface area contributed by atoms with Crippen LogP contribution in [0.25, 0.3) is 0 Å². The molecule has 1 unspecified atom stereocenters. The molecule has 1 atom stereocenters. The fourth-order valence-corrected chi connectivity index (χ4v) is 1.55. The number of unbranched alkanes of at least 4 members (excludes halogenated alkanes) is 3. The van der Waals surface area contributed by atoms with Gasteiger partial charge in [0.15, 0.2) is 0 Å². The zero-order chi connectivity index (χ0) is 12.9. The monoisotopic (exact) mass is 242 g/mol. The minimum atomic E-state index is -0.590. The van der Waals surface area contributed by atoms with Crippen molar-refractivity contribution in [2.75, 3.05) is 13.2 Å². The highest BCUT2D eigenvalue weighted by Gasteiger charge is 2.00. The lowest BCUT2D eigenvalue weighted by Gasteiger charge is -2.05. The van der Waals surface area contributed by atoms with Gasteiger partial charge in [0, 0.05) is 0 Å². The van der Waals surface area contributed by atoms with Crippen molar-refractivity contribution in [3.05, 3.63) is 12.2 Å². The maximum atomic E-state index is 10.9. The maximum Gasteiger partial charge on any atom is 0.508 e. The van der Waals surface area contributed by atoms with Gasteiger partial charge in [0.05, 0.1) is 6.61 Å². The molecule has 0 aliphatic carbocycles. The van der Waals surface area contributed by atoms with E-state index in [1.807, 2.05) is 6.08 Å². The van der Waals surface area contributed by atoms with E-state index < -0.39 is 6.16 Å². The highest BCUT2D eigenvalue weighted by molar-refractivity contribution is 5.59. The van der Waals surface area contributed by atoms with Crippen LogP contribution in [0.5, 0.6) is 0 Å². The van der Waals surface area contributed by atoms with Crippen LogP contribution in [0.15, 0.2) is 12.2 Å². The number of ether oxygens (including phenoxy) is 2. The van der Waals surface area contributed by atoms with Crippen LogP contribution >= 0.6 is 0 Å². The van der Waals surface area contributed by atoms with Gasteiger partial charge in [0.25, 0.3) is 0 Å². The molecule has 0 aliphatic rings. The molecule has 17 heavy (non-hydrogen) atoms. The first kappa shape index (κ1) is 16.0. The van der Waals surface area contributed by atoms with Crippen LogP contribution in [0, 0.1) is 5.92 Å². The summed E-state index contributed by atoms with van der Waals surface area (Å²) < 4.78 is 9.47. The maximum absolute atomic E-state index is 10.9. The third-order valence-electron chi connectivity index (χ3n) is 2.54. The number of carbonyl (C=O) groups is 1. The second-order valence-electron chi connectivity index (χ2n) is 4.25. The highest BCUT2D eigenvalue weighted by atomic mass is 16.7. The highest BCUT2D eigenvalue weighted by Crippen LogP contribution is 2.11. The summed E-state index contributed by atoms with van der Waals surface area (Å²) in [5.41, 5.74) is 0. The van der Waals surface area contributed by atoms with E-state index in [1.54, 1.807) is 6.92 Å². The second-order valence-corrected chi connectivity index (χ2v) is 4.25. The fourth-order valence-electron chi connectivity index (χ4n) is 1.55. The summed E-state index contributed by atoms with van der Waals surface area (Å²) in [5, 5.41) is 0. The Balaban J connectivity index is 3.46. The van der Waals surface area contributed by atoms with Crippen molar-refractivity contribution in [1.82, 2.24) is 0 Å². The number of allylic oxidation sites excluding steroid dienone is 1. The van der Waals surface area contributed by atoms with E-state index in [0.717, 1.165) is 0 Å². The summed E-state index contributed by atoms with van der Waals surface area (Å²) in [4.78, 5) is 10.9. The Kier molecular flexibility index (Phi) is 10.8. The largest absolute Gasteiger partial charge is 0.508 e. The summed E-state index contributed by atoms with van der Waals surface area (Å²) in [6, 6.07) is 0. The van der Waals surface area contributed by atoms with Gasteiger partial charge in [0.2, 0.25) is 0 Å². The van der Waals surface area contributed by atoms with Crippen molar-refractivity contribution >= 4 is 6.16 Å². The predicted molar refractivity (Wildman–Crippen MR) is 70.0 cm³/mol. The molecule has 100 valence electrons. The lowest BCUT2D eigenvalue weighted by Crippen LogP contribution is -2.06. The summed E-state index contributed by atoms with van der Waals surface area (Å²) in [5.74, 6) is 0.553. The molecule has 0 saturated carbocycles. The van der Waals surface area contributed by atoms with Crippen LogP contribution in [-0.4, -0.2) is 19.4 Å². The number of rotatable bonds is 9. The van der Waals surface area contributed by atoms with Crippen LogP contribution in [0.4, 0.5) is 4.79 Å². The van der Waals surface area contributed by atoms with Crippen molar-refractivity contribution in [3.63, 3.8) is 0 Å². The molecule has 0 radical (unpaired) electrons. The fraction of sp³-hybridized carbons (Fsp3) is 0.786. The van der Waals surface area contributed by atoms with Crippen LogP contribution < -0.4 is 0 Å². The summed E-state index contributed by atoms with van der Waals surface area (Å²) >= 11 is 0. The zero-order valence-corrected chi connectivity index (χ0v) is 11.4.